The number of benzene rings is 1. The third-order valence-corrected chi connectivity index (χ3v) is 4.07. The fourth-order valence-electron chi connectivity index (χ4n) is 2.54. The molecule has 1 saturated heterocycles. The SMILES string of the molecule is CC(C)(CN1C(=O)CC(C)(c2ccccc2)C1=O)C(=O)O. The Kier molecular flexibility index (Phi) is 3.61. The molecule has 112 valence electrons. The molecule has 1 aliphatic heterocycles. The number of aliphatic carboxylic acids is 1. The van der Waals surface area contributed by atoms with Crippen molar-refractivity contribution in [1.82, 2.24) is 4.90 Å². The largest absolute Gasteiger partial charge is 0.481 e. The topological polar surface area (TPSA) is 74.7 Å². The van der Waals surface area contributed by atoms with Crippen LogP contribution in [0.3, 0.4) is 0 Å². The third kappa shape index (κ3) is 2.55. The zero-order valence-corrected chi connectivity index (χ0v) is 12.4. The Labute approximate surface area is 123 Å². The van der Waals surface area contributed by atoms with Gasteiger partial charge in [-0.1, -0.05) is 30.3 Å². The van der Waals surface area contributed by atoms with E-state index in [4.69, 9.17) is 0 Å². The highest BCUT2D eigenvalue weighted by Crippen LogP contribution is 2.37. The van der Waals surface area contributed by atoms with Crippen molar-refractivity contribution >= 4 is 17.8 Å². The Morgan fingerprint density at radius 2 is 1.86 bits per heavy atom. The smallest absolute Gasteiger partial charge is 0.310 e. The molecule has 2 amide bonds. The minimum absolute atomic E-state index is 0.0749. The van der Waals surface area contributed by atoms with Crippen molar-refractivity contribution in [2.75, 3.05) is 6.54 Å². The molecule has 1 aliphatic rings. The number of carboxylic acids is 1. The molecular formula is C16H19NO4. The lowest BCUT2D eigenvalue weighted by Crippen LogP contribution is -2.44. The van der Waals surface area contributed by atoms with Crippen molar-refractivity contribution in [3.63, 3.8) is 0 Å². The fraction of sp³-hybridized carbons (Fsp3) is 0.438. The van der Waals surface area contributed by atoms with Crippen LogP contribution in [0.25, 0.3) is 0 Å². The number of nitrogens with zero attached hydrogens (tertiary/aromatic N) is 1. The Morgan fingerprint density at radius 1 is 1.29 bits per heavy atom. The molecule has 1 fully saturated rings. The summed E-state index contributed by atoms with van der Waals surface area (Å²) in [4.78, 5) is 37.1. The van der Waals surface area contributed by atoms with E-state index in [2.05, 4.69) is 0 Å². The molecule has 2 rings (SSSR count). The van der Waals surface area contributed by atoms with Crippen molar-refractivity contribution in [2.24, 2.45) is 5.41 Å². The van der Waals surface area contributed by atoms with E-state index < -0.39 is 16.8 Å². The van der Waals surface area contributed by atoms with Gasteiger partial charge in [-0.15, -0.1) is 0 Å². The van der Waals surface area contributed by atoms with Crippen LogP contribution in [0, 0.1) is 5.41 Å². The Bertz CT molecular complexity index is 594. The first-order valence-electron chi connectivity index (χ1n) is 6.82. The first-order chi connectivity index (χ1) is 9.68. The summed E-state index contributed by atoms with van der Waals surface area (Å²) in [7, 11) is 0. The monoisotopic (exact) mass is 289 g/mol. The molecule has 0 aromatic heterocycles. The molecule has 0 aliphatic carbocycles. The summed E-state index contributed by atoms with van der Waals surface area (Å²) < 4.78 is 0. The van der Waals surface area contributed by atoms with Crippen molar-refractivity contribution in [3.8, 4) is 0 Å². The fourth-order valence-corrected chi connectivity index (χ4v) is 2.54. The second kappa shape index (κ2) is 4.98. The summed E-state index contributed by atoms with van der Waals surface area (Å²) >= 11 is 0. The van der Waals surface area contributed by atoms with Gasteiger partial charge in [0.05, 0.1) is 10.8 Å². The van der Waals surface area contributed by atoms with Gasteiger partial charge in [0.1, 0.15) is 0 Å². The normalized spacial score (nSPS) is 22.7. The number of likely N-dealkylation sites (tertiary alicyclic amines) is 1. The van der Waals surface area contributed by atoms with Gasteiger partial charge in [0.15, 0.2) is 0 Å². The third-order valence-electron chi connectivity index (χ3n) is 4.07. The molecule has 5 nitrogen and oxygen atoms in total. The lowest BCUT2D eigenvalue weighted by molar-refractivity contribution is -0.151. The average Bonchev–Trinajstić information content (AvgIpc) is 2.64. The van der Waals surface area contributed by atoms with E-state index in [0.29, 0.717) is 0 Å². The Hall–Kier alpha value is -2.17. The number of carbonyl (C=O) groups excluding carboxylic acids is 2. The molecule has 1 heterocycles. The maximum atomic E-state index is 12.7. The maximum Gasteiger partial charge on any atom is 0.310 e. The van der Waals surface area contributed by atoms with E-state index in [-0.39, 0.29) is 24.8 Å². The van der Waals surface area contributed by atoms with Crippen LogP contribution in [-0.2, 0) is 19.8 Å². The highest BCUT2D eigenvalue weighted by Gasteiger charge is 2.51. The van der Waals surface area contributed by atoms with Gasteiger partial charge in [0, 0.05) is 13.0 Å². The van der Waals surface area contributed by atoms with Crippen LogP contribution in [0.1, 0.15) is 32.8 Å². The average molecular weight is 289 g/mol. The summed E-state index contributed by atoms with van der Waals surface area (Å²) in [6.45, 7) is 4.64. The first kappa shape index (κ1) is 15.2. The summed E-state index contributed by atoms with van der Waals surface area (Å²) in [6.07, 6.45) is 0.0749. The van der Waals surface area contributed by atoms with Crippen molar-refractivity contribution in [1.29, 1.82) is 0 Å². The van der Waals surface area contributed by atoms with Crippen molar-refractivity contribution < 1.29 is 19.5 Å². The highest BCUT2D eigenvalue weighted by molar-refractivity contribution is 6.09. The van der Waals surface area contributed by atoms with E-state index in [9.17, 15) is 19.5 Å². The summed E-state index contributed by atoms with van der Waals surface area (Å²) in [5.41, 5.74) is -1.29. The second-order valence-corrected chi connectivity index (χ2v) is 6.35. The molecule has 0 radical (unpaired) electrons. The zero-order chi connectivity index (χ0) is 15.8. The predicted molar refractivity (Wildman–Crippen MR) is 76.5 cm³/mol. The quantitative estimate of drug-likeness (QED) is 0.858. The molecular weight excluding hydrogens is 270 g/mol. The van der Waals surface area contributed by atoms with Gasteiger partial charge in [-0.2, -0.15) is 0 Å². The number of carboxylic acid groups (broad SMARTS) is 1. The van der Waals surface area contributed by atoms with E-state index in [0.717, 1.165) is 10.5 Å². The van der Waals surface area contributed by atoms with E-state index >= 15 is 0 Å². The van der Waals surface area contributed by atoms with Crippen LogP contribution in [0.15, 0.2) is 30.3 Å². The van der Waals surface area contributed by atoms with Crippen LogP contribution >= 0.6 is 0 Å². The molecule has 1 atom stereocenters. The Balaban J connectivity index is 2.31. The van der Waals surface area contributed by atoms with Gasteiger partial charge in [-0.05, 0) is 26.3 Å². The minimum Gasteiger partial charge on any atom is -0.481 e. The van der Waals surface area contributed by atoms with Crippen LogP contribution in [-0.4, -0.2) is 34.3 Å². The van der Waals surface area contributed by atoms with Gasteiger partial charge in [0.2, 0.25) is 11.8 Å². The zero-order valence-electron chi connectivity index (χ0n) is 12.4. The van der Waals surface area contributed by atoms with E-state index in [1.165, 1.54) is 13.8 Å². The second-order valence-electron chi connectivity index (χ2n) is 6.35. The lowest BCUT2D eigenvalue weighted by Gasteiger charge is -2.27. The number of hydrogen-bond acceptors (Lipinski definition) is 3. The summed E-state index contributed by atoms with van der Waals surface area (Å²) in [6, 6.07) is 9.12. The molecule has 0 spiro atoms. The molecule has 5 heteroatoms. The summed E-state index contributed by atoms with van der Waals surface area (Å²) in [5, 5.41) is 9.17. The number of amides is 2. The van der Waals surface area contributed by atoms with Gasteiger partial charge >= 0.3 is 5.97 Å². The standard InChI is InChI=1S/C16H19NO4/c1-15(2,14(20)21)10-17-12(18)9-16(3,13(17)19)11-7-5-4-6-8-11/h4-8H,9-10H2,1-3H3,(H,20,21). The van der Waals surface area contributed by atoms with Gasteiger partial charge in [0.25, 0.3) is 0 Å². The first-order valence-corrected chi connectivity index (χ1v) is 6.82. The van der Waals surface area contributed by atoms with Crippen molar-refractivity contribution in [2.45, 2.75) is 32.6 Å². The number of carbonyl (C=O) groups is 3. The predicted octanol–water partition coefficient (Wildman–Crippen LogP) is 1.81. The van der Waals surface area contributed by atoms with Crippen LogP contribution in [0.2, 0.25) is 0 Å². The maximum absolute atomic E-state index is 12.7. The molecule has 1 unspecified atom stereocenters. The number of hydrogen-bond donors (Lipinski definition) is 1. The molecule has 1 aromatic carbocycles. The van der Waals surface area contributed by atoms with Crippen molar-refractivity contribution in [3.05, 3.63) is 35.9 Å². The minimum atomic E-state index is -1.16. The highest BCUT2D eigenvalue weighted by atomic mass is 16.4. The molecule has 21 heavy (non-hydrogen) atoms. The van der Waals surface area contributed by atoms with Crippen LogP contribution in [0.5, 0.6) is 0 Å². The number of imide groups is 1. The van der Waals surface area contributed by atoms with Gasteiger partial charge in [-0.25, -0.2) is 0 Å². The molecule has 0 saturated carbocycles. The Morgan fingerprint density at radius 3 is 2.38 bits per heavy atom. The van der Waals surface area contributed by atoms with E-state index in [1.807, 2.05) is 30.3 Å². The van der Waals surface area contributed by atoms with E-state index in [1.54, 1.807) is 6.92 Å². The van der Waals surface area contributed by atoms with Crippen LogP contribution in [0.4, 0.5) is 0 Å². The molecule has 1 N–H and O–H groups in total. The number of rotatable bonds is 4. The lowest BCUT2D eigenvalue weighted by atomic mass is 9.81. The molecule has 1 aromatic rings. The molecule has 0 bridgehead atoms. The van der Waals surface area contributed by atoms with Crippen LogP contribution < -0.4 is 0 Å². The van der Waals surface area contributed by atoms with Gasteiger partial charge < -0.3 is 5.11 Å². The summed E-state index contributed by atoms with van der Waals surface area (Å²) in [5.74, 6) is -1.68. The van der Waals surface area contributed by atoms with Gasteiger partial charge in [-0.3, -0.25) is 19.3 Å².